The van der Waals surface area contributed by atoms with Gasteiger partial charge >= 0.3 is 0 Å². The molecule has 21 heavy (non-hydrogen) atoms. The van der Waals surface area contributed by atoms with Crippen molar-refractivity contribution >= 4 is 0 Å². The van der Waals surface area contributed by atoms with Crippen LogP contribution in [0.1, 0.15) is 48.1 Å². The lowest BCUT2D eigenvalue weighted by atomic mass is 9.88. The molecule has 1 unspecified atom stereocenters. The third-order valence-corrected chi connectivity index (χ3v) is 4.23. The van der Waals surface area contributed by atoms with E-state index in [-0.39, 0.29) is 17.5 Å². The molecule has 0 amide bonds. The van der Waals surface area contributed by atoms with E-state index in [2.05, 4.69) is 43.4 Å². The van der Waals surface area contributed by atoms with Gasteiger partial charge < -0.3 is 15.5 Å². The number of nitrogens with one attached hydrogen (secondary N) is 1. The number of phenols is 2. The van der Waals surface area contributed by atoms with Crippen molar-refractivity contribution in [2.45, 2.75) is 32.2 Å². The average molecular weight is 283 g/mol. The average Bonchev–Trinajstić information content (AvgIpc) is 2.48. The van der Waals surface area contributed by atoms with Crippen molar-refractivity contribution < 1.29 is 10.2 Å². The third kappa shape index (κ3) is 2.61. The van der Waals surface area contributed by atoms with Gasteiger partial charge in [-0.3, -0.25) is 0 Å². The van der Waals surface area contributed by atoms with Crippen LogP contribution in [0, 0.1) is 0 Å². The summed E-state index contributed by atoms with van der Waals surface area (Å²) in [6.07, 6.45) is 0.865. The molecule has 2 aromatic carbocycles. The van der Waals surface area contributed by atoms with Crippen LogP contribution in [0.15, 0.2) is 36.4 Å². The van der Waals surface area contributed by atoms with Crippen LogP contribution in [-0.4, -0.2) is 16.8 Å². The van der Waals surface area contributed by atoms with Crippen molar-refractivity contribution in [3.63, 3.8) is 0 Å². The standard InChI is InChI=1S/C18H21NO2/c1-11(2)12-3-5-13(6-4-12)18-15-10-17(21)16(20)9-14(15)7-8-19-18/h3-6,9-11,18-21H,7-8H2,1-2H3. The van der Waals surface area contributed by atoms with E-state index in [9.17, 15) is 10.2 Å². The first-order valence-electron chi connectivity index (χ1n) is 7.44. The summed E-state index contributed by atoms with van der Waals surface area (Å²) in [5, 5.41) is 22.9. The van der Waals surface area contributed by atoms with Crippen molar-refractivity contribution in [1.82, 2.24) is 5.32 Å². The predicted molar refractivity (Wildman–Crippen MR) is 83.9 cm³/mol. The van der Waals surface area contributed by atoms with Crippen molar-refractivity contribution in [3.8, 4) is 11.5 Å². The summed E-state index contributed by atoms with van der Waals surface area (Å²) in [4.78, 5) is 0. The van der Waals surface area contributed by atoms with Crippen LogP contribution in [-0.2, 0) is 6.42 Å². The Morgan fingerprint density at radius 2 is 1.71 bits per heavy atom. The third-order valence-electron chi connectivity index (χ3n) is 4.23. The van der Waals surface area contributed by atoms with Crippen molar-refractivity contribution in [1.29, 1.82) is 0 Å². The van der Waals surface area contributed by atoms with Crippen LogP contribution >= 0.6 is 0 Å². The second-order valence-corrected chi connectivity index (χ2v) is 6.00. The first-order chi connectivity index (χ1) is 10.1. The molecule has 0 saturated heterocycles. The molecule has 3 N–H and O–H groups in total. The largest absolute Gasteiger partial charge is 0.504 e. The summed E-state index contributed by atoms with van der Waals surface area (Å²) < 4.78 is 0. The van der Waals surface area contributed by atoms with Gasteiger partial charge in [0.2, 0.25) is 0 Å². The topological polar surface area (TPSA) is 52.5 Å². The van der Waals surface area contributed by atoms with Gasteiger partial charge in [-0.15, -0.1) is 0 Å². The molecule has 1 heterocycles. The molecule has 110 valence electrons. The van der Waals surface area contributed by atoms with Gasteiger partial charge in [-0.2, -0.15) is 0 Å². The normalized spacial score (nSPS) is 17.8. The van der Waals surface area contributed by atoms with Crippen LogP contribution in [0.2, 0.25) is 0 Å². The Labute approximate surface area is 125 Å². The van der Waals surface area contributed by atoms with Gasteiger partial charge in [0.05, 0.1) is 6.04 Å². The van der Waals surface area contributed by atoms with E-state index in [1.807, 2.05) is 0 Å². The van der Waals surface area contributed by atoms with Gasteiger partial charge in [0.25, 0.3) is 0 Å². The summed E-state index contributed by atoms with van der Waals surface area (Å²) in [7, 11) is 0. The highest BCUT2D eigenvalue weighted by atomic mass is 16.3. The van der Waals surface area contributed by atoms with Gasteiger partial charge in [-0.05, 0) is 46.7 Å². The Balaban J connectivity index is 1.99. The van der Waals surface area contributed by atoms with Crippen LogP contribution in [0.3, 0.4) is 0 Å². The minimum atomic E-state index is -0.0544. The van der Waals surface area contributed by atoms with Crippen molar-refractivity contribution in [2.75, 3.05) is 6.54 Å². The lowest BCUT2D eigenvalue weighted by Crippen LogP contribution is -2.30. The maximum absolute atomic E-state index is 9.78. The summed E-state index contributed by atoms with van der Waals surface area (Å²) in [5.41, 5.74) is 4.66. The number of benzene rings is 2. The van der Waals surface area contributed by atoms with Gasteiger partial charge in [0, 0.05) is 6.54 Å². The minimum Gasteiger partial charge on any atom is -0.504 e. The number of hydrogen-bond acceptors (Lipinski definition) is 3. The summed E-state index contributed by atoms with van der Waals surface area (Å²) in [5.74, 6) is 0.428. The quantitative estimate of drug-likeness (QED) is 0.740. The maximum Gasteiger partial charge on any atom is 0.157 e. The zero-order chi connectivity index (χ0) is 15.0. The molecule has 2 aromatic rings. The van der Waals surface area contributed by atoms with Gasteiger partial charge in [-0.1, -0.05) is 38.1 Å². The SMILES string of the molecule is CC(C)c1ccc(C2NCCc3cc(O)c(O)cc32)cc1. The zero-order valence-electron chi connectivity index (χ0n) is 12.4. The first-order valence-corrected chi connectivity index (χ1v) is 7.44. The molecule has 0 saturated carbocycles. The number of hydrogen-bond donors (Lipinski definition) is 3. The molecule has 0 spiro atoms. The summed E-state index contributed by atoms with van der Waals surface area (Å²) >= 11 is 0. The van der Waals surface area contributed by atoms with E-state index in [1.165, 1.54) is 11.1 Å². The number of rotatable bonds is 2. The zero-order valence-corrected chi connectivity index (χ0v) is 12.4. The highest BCUT2D eigenvalue weighted by molar-refractivity contribution is 5.50. The van der Waals surface area contributed by atoms with Crippen LogP contribution < -0.4 is 5.32 Å². The van der Waals surface area contributed by atoms with Crippen LogP contribution in [0.4, 0.5) is 0 Å². The summed E-state index contributed by atoms with van der Waals surface area (Å²) in [6, 6.07) is 12.0. The van der Waals surface area contributed by atoms with E-state index in [0.717, 1.165) is 24.1 Å². The van der Waals surface area contributed by atoms with Crippen molar-refractivity contribution in [3.05, 3.63) is 58.7 Å². The molecule has 1 aliphatic rings. The summed E-state index contributed by atoms with van der Waals surface area (Å²) in [6.45, 7) is 5.24. The molecule has 0 radical (unpaired) electrons. The highest BCUT2D eigenvalue weighted by Crippen LogP contribution is 2.36. The van der Waals surface area contributed by atoms with E-state index >= 15 is 0 Å². The van der Waals surface area contributed by atoms with E-state index in [0.29, 0.717) is 5.92 Å². The predicted octanol–water partition coefficient (Wildman–Crippen LogP) is 3.46. The van der Waals surface area contributed by atoms with E-state index in [1.54, 1.807) is 12.1 Å². The molecule has 1 atom stereocenters. The second kappa shape index (κ2) is 5.41. The Kier molecular flexibility index (Phi) is 3.60. The number of fused-ring (bicyclic) bond motifs is 1. The smallest absolute Gasteiger partial charge is 0.157 e. The fourth-order valence-electron chi connectivity index (χ4n) is 2.95. The van der Waals surface area contributed by atoms with Gasteiger partial charge in [-0.25, -0.2) is 0 Å². The molecular weight excluding hydrogens is 262 g/mol. The number of aromatic hydroxyl groups is 2. The lowest BCUT2D eigenvalue weighted by molar-refractivity contribution is 0.400. The maximum atomic E-state index is 9.78. The highest BCUT2D eigenvalue weighted by Gasteiger charge is 2.23. The fourth-order valence-corrected chi connectivity index (χ4v) is 2.95. The van der Waals surface area contributed by atoms with Crippen molar-refractivity contribution in [2.24, 2.45) is 0 Å². The van der Waals surface area contributed by atoms with Gasteiger partial charge in [0.15, 0.2) is 11.5 Å². The molecule has 0 bridgehead atoms. The Hall–Kier alpha value is -2.00. The monoisotopic (exact) mass is 283 g/mol. The molecule has 0 fully saturated rings. The fraction of sp³-hybridized carbons (Fsp3) is 0.333. The Morgan fingerprint density at radius 3 is 2.38 bits per heavy atom. The molecule has 0 aromatic heterocycles. The Bertz CT molecular complexity index is 647. The number of phenolic OH excluding ortho intramolecular Hbond substituents is 2. The second-order valence-electron chi connectivity index (χ2n) is 6.00. The molecule has 0 aliphatic carbocycles. The lowest BCUT2D eigenvalue weighted by Gasteiger charge is -2.28. The van der Waals surface area contributed by atoms with Crippen LogP contribution in [0.5, 0.6) is 11.5 Å². The molecule has 3 rings (SSSR count). The molecular formula is C18H21NO2. The van der Waals surface area contributed by atoms with E-state index < -0.39 is 0 Å². The van der Waals surface area contributed by atoms with Gasteiger partial charge in [0.1, 0.15) is 0 Å². The van der Waals surface area contributed by atoms with E-state index in [4.69, 9.17) is 0 Å². The molecule has 3 heteroatoms. The Morgan fingerprint density at radius 1 is 1.05 bits per heavy atom. The molecule has 1 aliphatic heterocycles. The first kappa shape index (κ1) is 14.0. The minimum absolute atomic E-state index is 0.0374. The molecule has 3 nitrogen and oxygen atoms in total. The van der Waals surface area contributed by atoms with Crippen LogP contribution in [0.25, 0.3) is 0 Å².